The van der Waals surface area contributed by atoms with Crippen LogP contribution in [0.15, 0.2) is 35.4 Å². The summed E-state index contributed by atoms with van der Waals surface area (Å²) in [5.41, 5.74) is 0.529. The summed E-state index contributed by atoms with van der Waals surface area (Å²) in [6, 6.07) is 5.58. The molecule has 0 atom stereocenters. The van der Waals surface area contributed by atoms with Gasteiger partial charge in [-0.15, -0.1) is 5.10 Å². The van der Waals surface area contributed by atoms with Gasteiger partial charge in [0.05, 0.1) is 0 Å². The monoisotopic (exact) mass is 148 g/mol. The zero-order valence-electron chi connectivity index (χ0n) is 5.69. The molecule has 0 spiro atoms. The summed E-state index contributed by atoms with van der Waals surface area (Å²) in [5.74, 6) is 0. The highest BCUT2D eigenvalue weighted by atomic mass is 16.1. The molecule has 0 aliphatic rings. The van der Waals surface area contributed by atoms with Gasteiger partial charge in [-0.3, -0.25) is 0 Å². The van der Waals surface area contributed by atoms with Crippen LogP contribution in [0.25, 0.3) is 5.52 Å². The highest BCUT2D eigenvalue weighted by Crippen LogP contribution is 1.86. The molecule has 2 heterocycles. The van der Waals surface area contributed by atoms with E-state index >= 15 is 0 Å². The first-order chi connectivity index (χ1) is 5.36. The first-order valence-electron chi connectivity index (χ1n) is 3.22. The van der Waals surface area contributed by atoms with E-state index in [-0.39, 0.29) is 5.69 Å². The Labute approximate surface area is 62.1 Å². The molecular weight excluding hydrogens is 142 g/mol. The number of pyridine rings is 1. The summed E-state index contributed by atoms with van der Waals surface area (Å²) >= 11 is 0. The predicted octanol–water partition coefficient (Wildman–Crippen LogP) is -0.491. The maximum Gasteiger partial charge on any atom is 0.394 e. The third-order valence-electron chi connectivity index (χ3n) is 1.42. The molecule has 54 valence electrons. The minimum absolute atomic E-state index is 0.339. The molecule has 0 aliphatic carbocycles. The standard InChI is InChI=1S/C7H5N3O/c11-7-8-5-6-3-1-2-4-10(6)9-7/h1-5H/p+1. The van der Waals surface area contributed by atoms with Gasteiger partial charge >= 0.3 is 5.69 Å². The maximum absolute atomic E-state index is 10.7. The topological polar surface area (TPSA) is 49.9 Å². The summed E-state index contributed by atoms with van der Waals surface area (Å²) in [7, 11) is 0. The molecule has 0 bridgehead atoms. The van der Waals surface area contributed by atoms with Gasteiger partial charge in [-0.25, -0.2) is 4.79 Å². The van der Waals surface area contributed by atoms with Crippen LogP contribution in [0, 0.1) is 0 Å². The lowest BCUT2D eigenvalue weighted by molar-refractivity contribution is -0.583. The van der Waals surface area contributed by atoms with E-state index in [1.54, 1.807) is 10.7 Å². The molecule has 0 aliphatic heterocycles. The van der Waals surface area contributed by atoms with Crippen molar-refractivity contribution in [1.29, 1.82) is 0 Å². The molecular formula is C7H6N3O+. The van der Waals surface area contributed by atoms with Crippen molar-refractivity contribution in [2.75, 3.05) is 0 Å². The summed E-state index contributed by atoms with van der Waals surface area (Å²) in [4.78, 5) is 14.3. The average molecular weight is 148 g/mol. The second-order valence-electron chi connectivity index (χ2n) is 2.17. The molecule has 2 aromatic heterocycles. The fourth-order valence-corrected chi connectivity index (χ4v) is 0.920. The first-order valence-corrected chi connectivity index (χ1v) is 3.22. The molecule has 4 heteroatoms. The van der Waals surface area contributed by atoms with Gasteiger partial charge in [0.15, 0.2) is 0 Å². The molecule has 1 N–H and O–H groups in total. The van der Waals surface area contributed by atoms with Crippen molar-refractivity contribution in [2.45, 2.75) is 0 Å². The predicted molar refractivity (Wildman–Crippen MR) is 38.0 cm³/mol. The lowest BCUT2D eigenvalue weighted by Crippen LogP contribution is -2.34. The number of nitrogens with zero attached hydrogens (tertiary/aromatic N) is 2. The van der Waals surface area contributed by atoms with E-state index in [1.807, 2.05) is 18.2 Å². The third kappa shape index (κ3) is 0.980. The van der Waals surface area contributed by atoms with E-state index < -0.39 is 0 Å². The number of nitrogens with one attached hydrogen (secondary N) is 1. The van der Waals surface area contributed by atoms with Gasteiger partial charge in [0.25, 0.3) is 5.52 Å². The van der Waals surface area contributed by atoms with Gasteiger partial charge in [0, 0.05) is 12.1 Å². The van der Waals surface area contributed by atoms with Crippen LogP contribution in [0.1, 0.15) is 0 Å². The van der Waals surface area contributed by atoms with E-state index in [9.17, 15) is 4.79 Å². The van der Waals surface area contributed by atoms with Crippen LogP contribution >= 0.6 is 0 Å². The second kappa shape index (κ2) is 2.16. The molecule has 2 rings (SSSR count). The van der Waals surface area contributed by atoms with Gasteiger partial charge in [-0.05, 0) is 6.07 Å². The van der Waals surface area contributed by atoms with Crippen LogP contribution in [0.3, 0.4) is 0 Å². The third-order valence-corrected chi connectivity index (χ3v) is 1.42. The van der Waals surface area contributed by atoms with Gasteiger partial charge in [-0.1, -0.05) is 4.52 Å². The van der Waals surface area contributed by atoms with Crippen LogP contribution in [0.4, 0.5) is 0 Å². The van der Waals surface area contributed by atoms with Gasteiger partial charge < -0.3 is 0 Å². The Hall–Kier alpha value is -1.71. The molecule has 2 aromatic rings. The number of hydrogen-bond donors (Lipinski definition) is 1. The Morgan fingerprint density at radius 2 is 2.36 bits per heavy atom. The van der Waals surface area contributed by atoms with Crippen LogP contribution in [0.2, 0.25) is 0 Å². The molecule has 0 amide bonds. The van der Waals surface area contributed by atoms with E-state index in [2.05, 4.69) is 10.1 Å². The highest BCUT2D eigenvalue weighted by molar-refractivity contribution is 5.33. The fraction of sp³-hybridized carbons (Fsp3) is 0. The normalized spacial score (nSPS) is 10.2. The molecule has 11 heavy (non-hydrogen) atoms. The Bertz CT molecular complexity index is 435. The minimum Gasteiger partial charge on any atom is -0.241 e. The van der Waals surface area contributed by atoms with E-state index in [0.717, 1.165) is 5.52 Å². The van der Waals surface area contributed by atoms with Crippen molar-refractivity contribution in [3.05, 3.63) is 41.1 Å². The van der Waals surface area contributed by atoms with Crippen molar-refractivity contribution >= 4 is 5.52 Å². The SMILES string of the molecule is O=c1ncc2cccc[n+]2[nH]1. The van der Waals surface area contributed by atoms with Crippen molar-refractivity contribution < 1.29 is 4.52 Å². The number of rotatable bonds is 0. The Morgan fingerprint density at radius 1 is 1.45 bits per heavy atom. The van der Waals surface area contributed by atoms with Gasteiger partial charge in [0.2, 0.25) is 6.20 Å². The van der Waals surface area contributed by atoms with E-state index in [4.69, 9.17) is 0 Å². The summed E-state index contributed by atoms with van der Waals surface area (Å²) < 4.78 is 1.62. The number of hydrogen-bond acceptors (Lipinski definition) is 2. The van der Waals surface area contributed by atoms with Crippen LogP contribution in [0.5, 0.6) is 0 Å². The summed E-state index contributed by atoms with van der Waals surface area (Å²) in [5, 5.41) is 2.54. The molecule has 0 saturated carbocycles. The number of aromatic amines is 1. The van der Waals surface area contributed by atoms with Gasteiger partial charge in [-0.2, -0.15) is 4.98 Å². The average Bonchev–Trinajstić information content (AvgIpc) is 2.04. The van der Waals surface area contributed by atoms with E-state index in [0.29, 0.717) is 0 Å². The largest absolute Gasteiger partial charge is 0.394 e. The molecule has 4 nitrogen and oxygen atoms in total. The first kappa shape index (κ1) is 6.03. The lowest BCUT2D eigenvalue weighted by Gasteiger charge is -1.84. The van der Waals surface area contributed by atoms with Crippen molar-refractivity contribution in [3.8, 4) is 0 Å². The molecule has 0 unspecified atom stereocenters. The molecule has 0 fully saturated rings. The van der Waals surface area contributed by atoms with Crippen LogP contribution in [-0.4, -0.2) is 10.1 Å². The maximum atomic E-state index is 10.7. The van der Waals surface area contributed by atoms with Gasteiger partial charge in [0.1, 0.15) is 6.20 Å². The van der Waals surface area contributed by atoms with E-state index in [1.165, 1.54) is 6.20 Å². The zero-order chi connectivity index (χ0) is 7.68. The molecule has 0 aromatic carbocycles. The Balaban J connectivity index is 2.94. The summed E-state index contributed by atoms with van der Waals surface area (Å²) in [6.45, 7) is 0. The Kier molecular flexibility index (Phi) is 1.18. The van der Waals surface area contributed by atoms with Crippen molar-refractivity contribution in [2.24, 2.45) is 0 Å². The number of H-pyrrole nitrogens is 1. The number of fused-ring (bicyclic) bond motifs is 1. The Morgan fingerprint density at radius 3 is 3.27 bits per heavy atom. The minimum atomic E-state index is -0.339. The lowest BCUT2D eigenvalue weighted by atomic mass is 10.4. The molecule has 0 saturated heterocycles. The van der Waals surface area contributed by atoms with Crippen LogP contribution < -0.4 is 10.2 Å². The number of aromatic nitrogens is 3. The fourth-order valence-electron chi connectivity index (χ4n) is 0.920. The summed E-state index contributed by atoms with van der Waals surface area (Å²) in [6.07, 6.45) is 3.29. The highest BCUT2D eigenvalue weighted by Gasteiger charge is 1.98. The van der Waals surface area contributed by atoms with Crippen LogP contribution in [-0.2, 0) is 0 Å². The van der Waals surface area contributed by atoms with Crippen molar-refractivity contribution in [3.63, 3.8) is 0 Å². The second-order valence-corrected chi connectivity index (χ2v) is 2.17. The van der Waals surface area contributed by atoms with Crippen molar-refractivity contribution in [1.82, 2.24) is 10.1 Å². The zero-order valence-corrected chi connectivity index (χ0v) is 5.69. The quantitative estimate of drug-likeness (QED) is 0.512. The smallest absolute Gasteiger partial charge is 0.241 e. The molecule has 0 radical (unpaired) electrons.